The third-order valence-corrected chi connectivity index (χ3v) is 1.98. The van der Waals surface area contributed by atoms with Gasteiger partial charge in [-0.2, -0.15) is 0 Å². The van der Waals surface area contributed by atoms with Crippen LogP contribution in [0.15, 0.2) is 24.3 Å². The van der Waals surface area contributed by atoms with Crippen molar-refractivity contribution in [2.75, 3.05) is 13.2 Å². The molecule has 1 amide bonds. The number of amides is 1. The van der Waals surface area contributed by atoms with E-state index in [1.165, 1.54) is 18.2 Å². The lowest BCUT2D eigenvalue weighted by Gasteiger charge is -2.10. The molecular weight excluding hydrogens is 265 g/mol. The van der Waals surface area contributed by atoms with E-state index in [9.17, 15) is 18.0 Å². The van der Waals surface area contributed by atoms with Crippen molar-refractivity contribution < 1.29 is 27.4 Å². The molecule has 3 N–H and O–H groups in total. The summed E-state index contributed by atoms with van der Waals surface area (Å²) >= 11 is 0. The van der Waals surface area contributed by atoms with Crippen LogP contribution < -0.4 is 15.8 Å². The number of ether oxygens (including phenoxy) is 2. The van der Waals surface area contributed by atoms with Gasteiger partial charge in [0.25, 0.3) is 0 Å². The molecule has 0 aliphatic rings. The molecule has 0 aromatic heterocycles. The molecule has 0 atom stereocenters. The number of rotatable bonds is 6. The Morgan fingerprint density at radius 3 is 2.74 bits per heavy atom. The van der Waals surface area contributed by atoms with Crippen LogP contribution in [-0.4, -0.2) is 25.6 Å². The smallest absolute Gasteiger partial charge is 0.448 e. The Labute approximate surface area is 107 Å². The average Bonchev–Trinajstić information content (AvgIpc) is 2.26. The van der Waals surface area contributed by atoms with E-state index in [1.54, 1.807) is 6.07 Å². The highest BCUT2D eigenvalue weighted by Gasteiger charge is 2.31. The number of hydrogen-bond acceptors (Lipinski definition) is 4. The molecule has 0 fully saturated rings. The second-order valence-electron chi connectivity index (χ2n) is 3.54. The largest absolute Gasteiger partial charge is 0.573 e. The summed E-state index contributed by atoms with van der Waals surface area (Å²) < 4.78 is 44.3. The van der Waals surface area contributed by atoms with Crippen molar-refractivity contribution in [1.29, 1.82) is 0 Å². The first-order valence-corrected chi connectivity index (χ1v) is 5.34. The zero-order valence-corrected chi connectivity index (χ0v) is 9.87. The Balaban J connectivity index is 2.38. The van der Waals surface area contributed by atoms with Crippen molar-refractivity contribution in [2.24, 2.45) is 5.73 Å². The van der Waals surface area contributed by atoms with Gasteiger partial charge < -0.3 is 20.5 Å². The standard InChI is InChI=1S/C11H13F3N2O3/c12-11(13,14)19-9-3-1-2-8(6-9)7-16-4-5-18-10(15)17/h1-3,6,16H,4-5,7H2,(H2,15,17). The fourth-order valence-corrected chi connectivity index (χ4v) is 1.31. The van der Waals surface area contributed by atoms with E-state index in [0.29, 0.717) is 18.7 Å². The Hall–Kier alpha value is -1.96. The molecule has 0 aliphatic carbocycles. The number of hydrogen-bond donors (Lipinski definition) is 2. The van der Waals surface area contributed by atoms with Crippen LogP contribution in [0.5, 0.6) is 5.75 Å². The fourth-order valence-electron chi connectivity index (χ4n) is 1.31. The molecule has 106 valence electrons. The molecule has 0 unspecified atom stereocenters. The van der Waals surface area contributed by atoms with Gasteiger partial charge in [0.2, 0.25) is 0 Å². The van der Waals surface area contributed by atoms with Crippen LogP contribution >= 0.6 is 0 Å². The van der Waals surface area contributed by atoms with Crippen LogP contribution in [0.25, 0.3) is 0 Å². The van der Waals surface area contributed by atoms with Gasteiger partial charge in [0.1, 0.15) is 12.4 Å². The summed E-state index contributed by atoms with van der Waals surface area (Å²) in [5.41, 5.74) is 5.36. The van der Waals surface area contributed by atoms with Crippen molar-refractivity contribution in [2.45, 2.75) is 12.9 Å². The number of carbonyl (C=O) groups is 1. The van der Waals surface area contributed by atoms with Gasteiger partial charge in [-0.25, -0.2) is 4.79 Å². The van der Waals surface area contributed by atoms with Crippen LogP contribution in [0, 0.1) is 0 Å². The van der Waals surface area contributed by atoms with Gasteiger partial charge in [-0.05, 0) is 17.7 Å². The number of carbonyl (C=O) groups excluding carboxylic acids is 1. The lowest BCUT2D eigenvalue weighted by atomic mass is 10.2. The van der Waals surface area contributed by atoms with E-state index in [2.05, 4.69) is 14.8 Å². The highest BCUT2D eigenvalue weighted by Crippen LogP contribution is 2.23. The number of halogens is 3. The van der Waals surface area contributed by atoms with E-state index in [1.807, 2.05) is 0 Å². The number of alkyl halides is 3. The average molecular weight is 278 g/mol. The van der Waals surface area contributed by atoms with Gasteiger partial charge in [0.15, 0.2) is 0 Å². The van der Waals surface area contributed by atoms with E-state index >= 15 is 0 Å². The summed E-state index contributed by atoms with van der Waals surface area (Å²) in [5.74, 6) is -0.278. The summed E-state index contributed by atoms with van der Waals surface area (Å²) in [5, 5.41) is 2.88. The second kappa shape index (κ2) is 6.83. The van der Waals surface area contributed by atoms with Gasteiger partial charge in [-0.1, -0.05) is 12.1 Å². The van der Waals surface area contributed by atoms with E-state index < -0.39 is 12.5 Å². The molecule has 1 aromatic rings. The highest BCUT2D eigenvalue weighted by molar-refractivity contribution is 5.64. The second-order valence-corrected chi connectivity index (χ2v) is 3.54. The summed E-state index contributed by atoms with van der Waals surface area (Å²) in [6.45, 7) is 0.749. The maximum atomic E-state index is 12.0. The number of nitrogens with two attached hydrogens (primary N) is 1. The third-order valence-electron chi connectivity index (χ3n) is 1.98. The van der Waals surface area contributed by atoms with Crippen LogP contribution in [0.3, 0.4) is 0 Å². The number of nitrogens with one attached hydrogen (secondary N) is 1. The molecule has 0 saturated carbocycles. The van der Waals surface area contributed by atoms with Gasteiger partial charge in [-0.3, -0.25) is 0 Å². The normalized spacial score (nSPS) is 11.1. The predicted octanol–water partition coefficient (Wildman–Crippen LogP) is 1.77. The molecule has 1 rings (SSSR count). The minimum atomic E-state index is -4.71. The molecule has 8 heteroatoms. The van der Waals surface area contributed by atoms with Crippen molar-refractivity contribution in [1.82, 2.24) is 5.32 Å². The summed E-state index contributed by atoms with van der Waals surface area (Å²) in [4.78, 5) is 10.3. The maximum absolute atomic E-state index is 12.0. The van der Waals surface area contributed by atoms with Crippen molar-refractivity contribution in [3.63, 3.8) is 0 Å². The Morgan fingerprint density at radius 2 is 2.11 bits per heavy atom. The summed E-state index contributed by atoms with van der Waals surface area (Å²) in [6, 6.07) is 5.59. The van der Waals surface area contributed by atoms with E-state index in [-0.39, 0.29) is 12.4 Å². The maximum Gasteiger partial charge on any atom is 0.573 e. The fraction of sp³-hybridized carbons (Fsp3) is 0.364. The summed E-state index contributed by atoms with van der Waals surface area (Å²) in [6.07, 6.45) is -5.58. The molecule has 0 bridgehead atoms. The summed E-state index contributed by atoms with van der Waals surface area (Å²) in [7, 11) is 0. The molecule has 0 heterocycles. The van der Waals surface area contributed by atoms with Crippen LogP contribution in [0.1, 0.15) is 5.56 Å². The minimum absolute atomic E-state index is 0.0913. The zero-order chi connectivity index (χ0) is 14.3. The molecule has 0 spiro atoms. The van der Waals surface area contributed by atoms with E-state index in [4.69, 9.17) is 5.73 Å². The minimum Gasteiger partial charge on any atom is -0.448 e. The van der Waals surface area contributed by atoms with Gasteiger partial charge in [-0.15, -0.1) is 13.2 Å². The van der Waals surface area contributed by atoms with Gasteiger partial charge >= 0.3 is 12.5 Å². The third kappa shape index (κ3) is 7.14. The molecule has 1 aromatic carbocycles. The predicted molar refractivity (Wildman–Crippen MR) is 60.4 cm³/mol. The van der Waals surface area contributed by atoms with Crippen molar-refractivity contribution in [3.8, 4) is 5.75 Å². The first kappa shape index (κ1) is 15.1. The molecule has 5 nitrogen and oxygen atoms in total. The Kier molecular flexibility index (Phi) is 5.43. The zero-order valence-electron chi connectivity index (χ0n) is 9.87. The molecule has 0 radical (unpaired) electrons. The highest BCUT2D eigenvalue weighted by atomic mass is 19.4. The first-order chi connectivity index (χ1) is 8.87. The Bertz CT molecular complexity index is 424. The van der Waals surface area contributed by atoms with Crippen LogP contribution in [0.2, 0.25) is 0 Å². The van der Waals surface area contributed by atoms with Gasteiger partial charge in [0.05, 0.1) is 0 Å². The SMILES string of the molecule is NC(=O)OCCNCc1cccc(OC(F)(F)F)c1. The lowest BCUT2D eigenvalue weighted by Crippen LogP contribution is -2.23. The topological polar surface area (TPSA) is 73.6 Å². The monoisotopic (exact) mass is 278 g/mol. The Morgan fingerprint density at radius 1 is 1.37 bits per heavy atom. The number of primary amides is 1. The van der Waals surface area contributed by atoms with E-state index in [0.717, 1.165) is 0 Å². The van der Waals surface area contributed by atoms with Crippen molar-refractivity contribution in [3.05, 3.63) is 29.8 Å². The molecule has 0 aliphatic heterocycles. The first-order valence-electron chi connectivity index (χ1n) is 5.34. The molecular formula is C11H13F3N2O3. The quantitative estimate of drug-likeness (QED) is 0.778. The van der Waals surface area contributed by atoms with Crippen molar-refractivity contribution >= 4 is 6.09 Å². The van der Waals surface area contributed by atoms with Crippen LogP contribution in [-0.2, 0) is 11.3 Å². The van der Waals surface area contributed by atoms with Gasteiger partial charge in [0, 0.05) is 13.1 Å². The van der Waals surface area contributed by atoms with Crippen LogP contribution in [0.4, 0.5) is 18.0 Å². The lowest BCUT2D eigenvalue weighted by molar-refractivity contribution is -0.274. The number of benzene rings is 1. The molecule has 0 saturated heterocycles. The molecule has 19 heavy (non-hydrogen) atoms.